The molecule has 0 bridgehead atoms. The lowest BCUT2D eigenvalue weighted by molar-refractivity contribution is 0.202. The molecule has 2 aromatic rings. The normalized spacial score (nSPS) is 15.3. The molecular formula is C17H26N6O2. The van der Waals surface area contributed by atoms with E-state index in [-0.39, 0.29) is 6.03 Å². The molecule has 0 saturated heterocycles. The average molecular weight is 346 g/mol. The Balaban J connectivity index is 1.65. The number of carbonyl (C=O) groups is 1. The first-order valence-electron chi connectivity index (χ1n) is 9.12. The Hall–Kier alpha value is -2.38. The van der Waals surface area contributed by atoms with E-state index in [0.29, 0.717) is 37.3 Å². The van der Waals surface area contributed by atoms with Crippen LogP contribution in [0.1, 0.15) is 63.7 Å². The van der Waals surface area contributed by atoms with E-state index in [9.17, 15) is 4.79 Å². The van der Waals surface area contributed by atoms with E-state index in [2.05, 4.69) is 20.6 Å². The highest BCUT2D eigenvalue weighted by atomic mass is 16.5. The van der Waals surface area contributed by atoms with E-state index in [1.807, 2.05) is 24.6 Å². The molecule has 1 N–H and O–H groups in total. The Labute approximate surface area is 147 Å². The van der Waals surface area contributed by atoms with Gasteiger partial charge in [-0.2, -0.15) is 10.1 Å². The zero-order valence-electron chi connectivity index (χ0n) is 14.9. The predicted molar refractivity (Wildman–Crippen MR) is 93.1 cm³/mol. The fraction of sp³-hybridized carbons (Fsp3) is 0.647. The summed E-state index contributed by atoms with van der Waals surface area (Å²) >= 11 is 0. The van der Waals surface area contributed by atoms with Gasteiger partial charge in [-0.3, -0.25) is 5.32 Å². The number of carbonyl (C=O) groups excluding carboxylic acids is 1. The van der Waals surface area contributed by atoms with Crippen LogP contribution in [0.4, 0.5) is 10.6 Å². The van der Waals surface area contributed by atoms with Crippen molar-refractivity contribution < 1.29 is 9.32 Å². The van der Waals surface area contributed by atoms with Crippen LogP contribution < -0.4 is 5.32 Å². The molecule has 2 amide bonds. The minimum absolute atomic E-state index is 0.184. The summed E-state index contributed by atoms with van der Waals surface area (Å²) in [5, 5.41) is 11.3. The van der Waals surface area contributed by atoms with Crippen LogP contribution in [-0.4, -0.2) is 37.4 Å². The third-order valence-electron chi connectivity index (χ3n) is 4.65. The number of nitrogens with one attached hydrogen (secondary N) is 1. The van der Waals surface area contributed by atoms with Crippen molar-refractivity contribution >= 4 is 11.8 Å². The zero-order valence-corrected chi connectivity index (χ0v) is 14.9. The van der Waals surface area contributed by atoms with Crippen molar-refractivity contribution in [2.75, 3.05) is 11.9 Å². The highest BCUT2D eigenvalue weighted by Gasteiger charge is 2.21. The number of anilines is 1. The van der Waals surface area contributed by atoms with E-state index in [0.717, 1.165) is 18.7 Å². The first-order valence-corrected chi connectivity index (χ1v) is 9.12. The second-order valence-corrected chi connectivity index (χ2v) is 6.36. The minimum Gasteiger partial charge on any atom is -0.337 e. The Morgan fingerprint density at radius 3 is 2.84 bits per heavy atom. The van der Waals surface area contributed by atoms with Gasteiger partial charge in [-0.1, -0.05) is 31.3 Å². The highest BCUT2D eigenvalue weighted by molar-refractivity contribution is 5.88. The highest BCUT2D eigenvalue weighted by Crippen LogP contribution is 2.30. The fourth-order valence-corrected chi connectivity index (χ4v) is 3.21. The number of rotatable bonds is 6. The quantitative estimate of drug-likeness (QED) is 0.866. The van der Waals surface area contributed by atoms with Crippen LogP contribution in [0.3, 0.4) is 0 Å². The van der Waals surface area contributed by atoms with Crippen LogP contribution >= 0.6 is 0 Å². The zero-order chi connectivity index (χ0) is 17.6. The second-order valence-electron chi connectivity index (χ2n) is 6.36. The standard InChI is InChI=1S/C17H26N6O2/c1-3-14-19-16(25-21-14)12-22(4-2)17(24)20-15-10-11-18-23(15)13-8-6-5-7-9-13/h10-11,13H,3-9,12H2,1-2H3,(H,20,24). The number of hydrogen-bond donors (Lipinski definition) is 1. The van der Waals surface area contributed by atoms with Crippen molar-refractivity contribution in [3.8, 4) is 0 Å². The van der Waals surface area contributed by atoms with Gasteiger partial charge in [-0.05, 0) is 19.8 Å². The molecule has 2 aromatic heterocycles. The average Bonchev–Trinajstić information content (AvgIpc) is 3.29. The van der Waals surface area contributed by atoms with Crippen LogP contribution in [0, 0.1) is 0 Å². The number of aromatic nitrogens is 4. The van der Waals surface area contributed by atoms with Crippen LogP contribution in [0.25, 0.3) is 0 Å². The maximum absolute atomic E-state index is 12.6. The van der Waals surface area contributed by atoms with Crippen LogP contribution in [0.15, 0.2) is 16.8 Å². The Morgan fingerprint density at radius 1 is 1.36 bits per heavy atom. The number of aryl methyl sites for hydroxylation is 1. The second kappa shape index (κ2) is 8.13. The lowest BCUT2D eigenvalue weighted by Gasteiger charge is -2.25. The molecule has 0 aliphatic heterocycles. The molecule has 0 atom stereocenters. The van der Waals surface area contributed by atoms with Gasteiger partial charge in [-0.15, -0.1) is 0 Å². The minimum atomic E-state index is -0.184. The van der Waals surface area contributed by atoms with Crippen molar-refractivity contribution in [3.05, 3.63) is 24.0 Å². The Morgan fingerprint density at radius 2 is 2.16 bits per heavy atom. The topological polar surface area (TPSA) is 89.1 Å². The van der Waals surface area contributed by atoms with Crippen molar-refractivity contribution in [2.24, 2.45) is 0 Å². The molecule has 8 heteroatoms. The summed E-state index contributed by atoms with van der Waals surface area (Å²) < 4.78 is 7.14. The van der Waals surface area contributed by atoms with Gasteiger partial charge in [-0.25, -0.2) is 9.48 Å². The van der Waals surface area contributed by atoms with Crippen molar-refractivity contribution in [3.63, 3.8) is 0 Å². The predicted octanol–water partition coefficient (Wildman–Crippen LogP) is 3.39. The molecule has 0 spiro atoms. The Kier molecular flexibility index (Phi) is 5.67. The first-order chi connectivity index (χ1) is 12.2. The maximum atomic E-state index is 12.6. The molecule has 136 valence electrons. The van der Waals surface area contributed by atoms with Gasteiger partial charge in [0.25, 0.3) is 0 Å². The smallest absolute Gasteiger partial charge is 0.323 e. The van der Waals surface area contributed by atoms with Crippen LogP contribution in [-0.2, 0) is 13.0 Å². The first kappa shape index (κ1) is 17.4. The molecule has 1 aliphatic rings. The lowest BCUT2D eigenvalue weighted by Crippen LogP contribution is -2.35. The summed E-state index contributed by atoms with van der Waals surface area (Å²) in [4.78, 5) is 18.6. The molecule has 3 rings (SSSR count). The van der Waals surface area contributed by atoms with E-state index in [4.69, 9.17) is 4.52 Å². The van der Waals surface area contributed by atoms with E-state index in [1.165, 1.54) is 19.3 Å². The number of hydrogen-bond acceptors (Lipinski definition) is 5. The van der Waals surface area contributed by atoms with Gasteiger partial charge in [0.2, 0.25) is 5.89 Å². The maximum Gasteiger partial charge on any atom is 0.323 e. The van der Waals surface area contributed by atoms with Crippen LogP contribution in [0.2, 0.25) is 0 Å². The van der Waals surface area contributed by atoms with Gasteiger partial charge < -0.3 is 9.42 Å². The third-order valence-corrected chi connectivity index (χ3v) is 4.65. The van der Waals surface area contributed by atoms with Crippen molar-refractivity contribution in [1.29, 1.82) is 0 Å². The largest absolute Gasteiger partial charge is 0.337 e. The molecule has 1 saturated carbocycles. The molecule has 1 fully saturated rings. The molecule has 0 unspecified atom stereocenters. The van der Waals surface area contributed by atoms with E-state index < -0.39 is 0 Å². The molecule has 8 nitrogen and oxygen atoms in total. The van der Waals surface area contributed by atoms with Crippen molar-refractivity contribution in [1.82, 2.24) is 24.8 Å². The van der Waals surface area contributed by atoms with Gasteiger partial charge >= 0.3 is 6.03 Å². The van der Waals surface area contributed by atoms with E-state index in [1.54, 1.807) is 11.1 Å². The van der Waals surface area contributed by atoms with Gasteiger partial charge in [0.1, 0.15) is 12.4 Å². The van der Waals surface area contributed by atoms with Crippen molar-refractivity contribution in [2.45, 2.75) is 65.0 Å². The van der Waals surface area contributed by atoms with E-state index >= 15 is 0 Å². The molecule has 25 heavy (non-hydrogen) atoms. The molecule has 1 aliphatic carbocycles. The SMILES string of the molecule is CCc1noc(CN(CC)C(=O)Nc2ccnn2C2CCCCC2)n1. The number of amides is 2. The summed E-state index contributed by atoms with van der Waals surface area (Å²) in [6.07, 6.45) is 8.40. The molecule has 2 heterocycles. The Bertz CT molecular complexity index is 689. The fourth-order valence-electron chi connectivity index (χ4n) is 3.21. The van der Waals surface area contributed by atoms with Gasteiger partial charge in [0.15, 0.2) is 5.82 Å². The summed E-state index contributed by atoms with van der Waals surface area (Å²) in [6, 6.07) is 2.04. The third kappa shape index (κ3) is 4.18. The summed E-state index contributed by atoms with van der Waals surface area (Å²) in [6.45, 7) is 4.74. The van der Waals surface area contributed by atoms with Gasteiger partial charge in [0, 0.05) is 19.0 Å². The van der Waals surface area contributed by atoms with Crippen LogP contribution in [0.5, 0.6) is 0 Å². The molecular weight excluding hydrogens is 320 g/mol. The summed E-state index contributed by atoms with van der Waals surface area (Å²) in [5.74, 6) is 1.85. The summed E-state index contributed by atoms with van der Waals surface area (Å²) in [7, 11) is 0. The molecule has 0 radical (unpaired) electrons. The monoisotopic (exact) mass is 346 g/mol. The molecule has 0 aromatic carbocycles. The number of urea groups is 1. The lowest BCUT2D eigenvalue weighted by atomic mass is 9.96. The summed E-state index contributed by atoms with van der Waals surface area (Å²) in [5.41, 5.74) is 0. The van der Waals surface area contributed by atoms with Gasteiger partial charge in [0.05, 0.1) is 12.2 Å². The number of nitrogens with zero attached hydrogens (tertiary/aromatic N) is 5.